The Morgan fingerprint density at radius 1 is 1.14 bits per heavy atom. The molecule has 124 valence electrons. The van der Waals surface area contributed by atoms with Crippen molar-refractivity contribution in [1.29, 1.82) is 0 Å². The maximum atomic E-state index is 11.9. The molecule has 1 saturated carbocycles. The van der Waals surface area contributed by atoms with Gasteiger partial charge in [0.2, 0.25) is 10.0 Å². The highest BCUT2D eigenvalue weighted by Gasteiger charge is 2.40. The molecule has 3 N–H and O–H groups in total. The fourth-order valence-electron chi connectivity index (χ4n) is 2.74. The minimum absolute atomic E-state index is 0.0417. The van der Waals surface area contributed by atoms with Crippen molar-refractivity contribution in [2.75, 3.05) is 5.75 Å². The average Bonchev–Trinajstić information content (AvgIpc) is 2.75. The fraction of sp³-hybridized carbons (Fsp3) is 0.929. The maximum Gasteiger partial charge on any atom is 0.309 e. The van der Waals surface area contributed by atoms with Gasteiger partial charge in [-0.25, -0.2) is 13.1 Å². The molecule has 6 nitrogen and oxygen atoms in total. The Morgan fingerprint density at radius 3 is 2.33 bits per heavy atom. The van der Waals surface area contributed by atoms with E-state index in [2.05, 4.69) is 11.6 Å². The first-order chi connectivity index (χ1) is 9.87. The quantitative estimate of drug-likeness (QED) is 0.529. The third-order valence-electron chi connectivity index (χ3n) is 4.03. The molecule has 1 aliphatic rings. The van der Waals surface area contributed by atoms with Crippen LogP contribution in [0, 0.1) is 5.92 Å². The molecular weight excluding hydrogens is 294 g/mol. The van der Waals surface area contributed by atoms with Gasteiger partial charge in [-0.1, -0.05) is 39.0 Å². The third-order valence-corrected chi connectivity index (χ3v) is 5.52. The van der Waals surface area contributed by atoms with E-state index in [-0.39, 0.29) is 5.75 Å². The molecule has 3 atom stereocenters. The average molecular weight is 321 g/mol. The number of carboxylic acids is 1. The molecule has 0 heterocycles. The second kappa shape index (κ2) is 8.70. The lowest BCUT2D eigenvalue weighted by atomic mass is 10.1. The molecule has 1 fully saturated rings. The van der Waals surface area contributed by atoms with Crippen LogP contribution in [0.5, 0.6) is 0 Å². The molecule has 0 aromatic heterocycles. The Labute approximate surface area is 127 Å². The molecule has 1 aliphatic carbocycles. The molecular formula is C14H27NO5S. The van der Waals surface area contributed by atoms with E-state index in [1.807, 2.05) is 0 Å². The van der Waals surface area contributed by atoms with Crippen molar-refractivity contribution in [2.24, 2.45) is 5.92 Å². The lowest BCUT2D eigenvalue weighted by Gasteiger charge is -2.18. The molecule has 21 heavy (non-hydrogen) atoms. The predicted molar refractivity (Wildman–Crippen MR) is 80.5 cm³/mol. The summed E-state index contributed by atoms with van der Waals surface area (Å²) in [5.74, 6) is -1.90. The largest absolute Gasteiger partial charge is 0.481 e. The van der Waals surface area contributed by atoms with Crippen molar-refractivity contribution in [1.82, 2.24) is 4.72 Å². The van der Waals surface area contributed by atoms with E-state index in [1.54, 1.807) is 0 Å². The van der Waals surface area contributed by atoms with Crippen LogP contribution >= 0.6 is 0 Å². The summed E-state index contributed by atoms with van der Waals surface area (Å²) >= 11 is 0. The van der Waals surface area contributed by atoms with Gasteiger partial charge >= 0.3 is 5.97 Å². The molecule has 0 radical (unpaired) electrons. The number of sulfonamides is 1. The van der Waals surface area contributed by atoms with Crippen LogP contribution in [0.4, 0.5) is 0 Å². The maximum absolute atomic E-state index is 11.9. The van der Waals surface area contributed by atoms with Crippen LogP contribution < -0.4 is 4.72 Å². The zero-order valence-corrected chi connectivity index (χ0v) is 13.4. The first-order valence-electron chi connectivity index (χ1n) is 7.78. The van der Waals surface area contributed by atoms with Crippen molar-refractivity contribution < 1.29 is 23.4 Å². The van der Waals surface area contributed by atoms with Gasteiger partial charge < -0.3 is 10.2 Å². The zero-order chi connectivity index (χ0) is 15.9. The summed E-state index contributed by atoms with van der Waals surface area (Å²) < 4.78 is 26.3. The number of aliphatic carboxylic acids is 1. The Bertz CT molecular complexity index is 423. The summed E-state index contributed by atoms with van der Waals surface area (Å²) in [7, 11) is -3.44. The highest BCUT2D eigenvalue weighted by molar-refractivity contribution is 7.89. The monoisotopic (exact) mass is 321 g/mol. The van der Waals surface area contributed by atoms with Crippen molar-refractivity contribution in [3.8, 4) is 0 Å². The van der Waals surface area contributed by atoms with Crippen molar-refractivity contribution in [2.45, 2.75) is 70.4 Å². The van der Waals surface area contributed by atoms with Crippen molar-refractivity contribution >= 4 is 16.0 Å². The van der Waals surface area contributed by atoms with E-state index in [4.69, 9.17) is 5.11 Å². The van der Waals surface area contributed by atoms with Crippen LogP contribution in [0.25, 0.3) is 0 Å². The molecule has 0 amide bonds. The number of aliphatic hydroxyl groups is 1. The first kappa shape index (κ1) is 18.4. The molecule has 0 aromatic carbocycles. The van der Waals surface area contributed by atoms with E-state index in [0.717, 1.165) is 25.7 Å². The smallest absolute Gasteiger partial charge is 0.309 e. The second-order valence-electron chi connectivity index (χ2n) is 5.82. The number of carboxylic acid groups (broad SMARTS) is 1. The van der Waals surface area contributed by atoms with Crippen molar-refractivity contribution in [3.63, 3.8) is 0 Å². The number of carbonyl (C=O) groups is 1. The van der Waals surface area contributed by atoms with Crippen LogP contribution in [0.3, 0.4) is 0 Å². The Kier molecular flexibility index (Phi) is 7.62. The number of unbranched alkanes of at least 4 members (excludes halogenated alkanes) is 5. The number of nitrogens with one attached hydrogen (secondary N) is 1. The lowest BCUT2D eigenvalue weighted by molar-refractivity contribution is -0.144. The van der Waals surface area contributed by atoms with Gasteiger partial charge in [0.1, 0.15) is 0 Å². The highest BCUT2D eigenvalue weighted by atomic mass is 32.2. The molecule has 7 heteroatoms. The molecule has 0 bridgehead atoms. The second-order valence-corrected chi connectivity index (χ2v) is 7.70. The van der Waals surface area contributed by atoms with Gasteiger partial charge in [-0.2, -0.15) is 0 Å². The van der Waals surface area contributed by atoms with E-state index in [9.17, 15) is 18.3 Å². The Balaban J connectivity index is 2.31. The third kappa shape index (κ3) is 6.32. The minimum Gasteiger partial charge on any atom is -0.481 e. The molecule has 0 aliphatic heterocycles. The Hall–Kier alpha value is -0.660. The number of hydrogen-bond acceptors (Lipinski definition) is 4. The minimum atomic E-state index is -3.44. The fourth-order valence-corrected chi connectivity index (χ4v) is 4.16. The van der Waals surface area contributed by atoms with Gasteiger partial charge in [-0.15, -0.1) is 0 Å². The molecule has 0 unspecified atom stereocenters. The van der Waals surface area contributed by atoms with E-state index in [0.29, 0.717) is 19.3 Å². The normalized spacial score (nSPS) is 26.1. The SMILES string of the molecule is CCCCCCCCS(=O)(=O)N[C@H]1CC[C@H](C(=O)O)[C@@H]1O. The van der Waals surface area contributed by atoms with E-state index in [1.165, 1.54) is 6.42 Å². The van der Waals surface area contributed by atoms with Gasteiger partial charge in [0.15, 0.2) is 0 Å². The van der Waals surface area contributed by atoms with Crippen LogP contribution in [-0.4, -0.2) is 42.5 Å². The number of rotatable bonds is 10. The number of aliphatic hydroxyl groups excluding tert-OH is 1. The zero-order valence-electron chi connectivity index (χ0n) is 12.6. The van der Waals surface area contributed by atoms with Crippen LogP contribution in [0.15, 0.2) is 0 Å². The molecule has 1 rings (SSSR count). The van der Waals surface area contributed by atoms with Crippen LogP contribution in [-0.2, 0) is 14.8 Å². The summed E-state index contributed by atoms with van der Waals surface area (Å²) in [4.78, 5) is 10.9. The van der Waals surface area contributed by atoms with Crippen molar-refractivity contribution in [3.05, 3.63) is 0 Å². The van der Waals surface area contributed by atoms with Gasteiger partial charge in [0, 0.05) is 6.04 Å². The van der Waals surface area contributed by atoms with Gasteiger partial charge in [-0.05, 0) is 19.3 Å². The molecule has 0 saturated heterocycles. The van der Waals surface area contributed by atoms with Gasteiger partial charge in [0.05, 0.1) is 17.8 Å². The Morgan fingerprint density at radius 2 is 1.76 bits per heavy atom. The first-order valence-corrected chi connectivity index (χ1v) is 9.43. The summed E-state index contributed by atoms with van der Waals surface area (Å²) in [6.07, 6.45) is 5.52. The van der Waals surface area contributed by atoms with Gasteiger partial charge in [-0.3, -0.25) is 4.79 Å². The lowest BCUT2D eigenvalue weighted by Crippen LogP contribution is -2.43. The summed E-state index contributed by atoms with van der Waals surface area (Å²) in [5.41, 5.74) is 0. The molecule has 0 spiro atoms. The molecule has 0 aromatic rings. The topological polar surface area (TPSA) is 104 Å². The summed E-state index contributed by atoms with van der Waals surface area (Å²) in [5, 5.41) is 18.8. The van der Waals surface area contributed by atoms with E-state index >= 15 is 0 Å². The predicted octanol–water partition coefficient (Wildman–Crippen LogP) is 1.49. The number of hydrogen-bond donors (Lipinski definition) is 3. The summed E-state index contributed by atoms with van der Waals surface area (Å²) in [6, 6.07) is -0.670. The standard InChI is InChI=1S/C14H27NO5S/c1-2-3-4-5-6-7-10-21(19,20)15-12-9-8-11(13(12)16)14(17)18/h11-13,15-16H,2-10H2,1H3,(H,17,18)/t11-,12-,13-/m0/s1. The van der Waals surface area contributed by atoms with Gasteiger partial charge in [0.25, 0.3) is 0 Å². The highest BCUT2D eigenvalue weighted by Crippen LogP contribution is 2.27. The van der Waals surface area contributed by atoms with E-state index < -0.39 is 34.1 Å². The van der Waals surface area contributed by atoms with Crippen LogP contribution in [0.2, 0.25) is 0 Å². The summed E-state index contributed by atoms with van der Waals surface area (Å²) in [6.45, 7) is 2.13. The van der Waals surface area contributed by atoms with Crippen LogP contribution in [0.1, 0.15) is 58.3 Å².